The van der Waals surface area contributed by atoms with Crippen LogP contribution in [0.2, 0.25) is 0 Å². The van der Waals surface area contributed by atoms with Gasteiger partial charge in [-0.3, -0.25) is 4.79 Å². The average molecular weight is 510 g/mol. The molecule has 1 unspecified atom stereocenters. The van der Waals surface area contributed by atoms with Crippen LogP contribution in [-0.2, 0) is 12.3 Å². The first kappa shape index (κ1) is 26.2. The van der Waals surface area contributed by atoms with Crippen LogP contribution in [0.5, 0.6) is 17.2 Å². The predicted octanol–water partition coefficient (Wildman–Crippen LogP) is 5.86. The molecule has 0 spiro atoms. The number of unbranched alkanes of at least 4 members (excludes halogenated alkanes) is 1. The molecule has 8 heteroatoms. The number of benzene rings is 3. The van der Waals surface area contributed by atoms with Gasteiger partial charge in [-0.1, -0.05) is 48.9 Å². The number of aryl methyl sites for hydroxylation is 1. The van der Waals surface area contributed by atoms with E-state index in [0.717, 1.165) is 18.4 Å². The highest BCUT2D eigenvalue weighted by Crippen LogP contribution is 2.34. The van der Waals surface area contributed by atoms with Crippen LogP contribution in [0.4, 0.5) is 8.78 Å². The summed E-state index contributed by atoms with van der Waals surface area (Å²) in [6.07, 6.45) is 1.93. The van der Waals surface area contributed by atoms with Crippen molar-refractivity contribution in [3.05, 3.63) is 99.8 Å². The number of phenolic OH excluding ortho intramolecular Hbond substituents is 1. The third kappa shape index (κ3) is 6.27. The number of nitrogens with one attached hydrogen (secondary N) is 1. The average Bonchev–Trinajstić information content (AvgIpc) is 2.91. The lowest BCUT2D eigenvalue weighted by molar-refractivity contribution is -0.0472. The number of aliphatic hydroxyl groups is 1. The summed E-state index contributed by atoms with van der Waals surface area (Å²) in [6, 6.07) is 18.8. The molecule has 3 N–H and O–H groups in total. The summed E-state index contributed by atoms with van der Waals surface area (Å²) in [5.41, 5.74) is 1.47. The molecular weight excluding hydrogens is 480 g/mol. The summed E-state index contributed by atoms with van der Waals surface area (Å²) >= 11 is 0. The topological polar surface area (TPSA) is 91.8 Å². The third-order valence-electron chi connectivity index (χ3n) is 6.29. The molecule has 1 aromatic heterocycles. The zero-order chi connectivity index (χ0) is 26.4. The number of H-pyrrole nitrogens is 1. The predicted molar refractivity (Wildman–Crippen MR) is 138 cm³/mol. The Labute approximate surface area is 213 Å². The molecule has 0 amide bonds. The maximum absolute atomic E-state index is 14.5. The molecule has 3 aromatic carbocycles. The molecule has 0 bridgehead atoms. The number of aromatic nitrogens is 1. The number of rotatable bonds is 11. The smallest absolute Gasteiger partial charge is 0.306 e. The van der Waals surface area contributed by atoms with Crippen LogP contribution in [0, 0.1) is 0 Å². The number of phenols is 1. The molecule has 4 rings (SSSR count). The fourth-order valence-corrected chi connectivity index (χ4v) is 4.29. The van der Waals surface area contributed by atoms with Gasteiger partial charge < -0.3 is 24.7 Å². The second-order valence-electron chi connectivity index (χ2n) is 8.89. The van der Waals surface area contributed by atoms with Crippen LogP contribution in [0.1, 0.15) is 42.1 Å². The molecule has 0 fully saturated rings. The number of alkyl halides is 2. The van der Waals surface area contributed by atoms with Crippen LogP contribution in [0.3, 0.4) is 0 Å². The van der Waals surface area contributed by atoms with Crippen LogP contribution in [0.25, 0.3) is 10.9 Å². The van der Waals surface area contributed by atoms with Gasteiger partial charge in [-0.2, -0.15) is 8.78 Å². The number of halogens is 2. The normalized spacial score (nSPS) is 12.4. The third-order valence-corrected chi connectivity index (χ3v) is 6.29. The van der Waals surface area contributed by atoms with E-state index < -0.39 is 18.6 Å². The summed E-state index contributed by atoms with van der Waals surface area (Å²) in [5.74, 6) is -2.56. The highest BCUT2D eigenvalue weighted by molar-refractivity contribution is 5.87. The van der Waals surface area contributed by atoms with Crippen molar-refractivity contribution in [1.29, 1.82) is 0 Å². The number of pyridine rings is 1. The van der Waals surface area contributed by atoms with Crippen molar-refractivity contribution >= 4 is 10.9 Å². The van der Waals surface area contributed by atoms with Gasteiger partial charge in [-0.05, 0) is 54.7 Å². The molecule has 4 aromatic rings. The fourth-order valence-electron chi connectivity index (χ4n) is 4.29. The van der Waals surface area contributed by atoms with Crippen LogP contribution < -0.4 is 15.0 Å². The number of ether oxygens (including phenoxy) is 2. The van der Waals surface area contributed by atoms with Gasteiger partial charge in [0.2, 0.25) is 5.56 Å². The molecule has 0 saturated carbocycles. The summed E-state index contributed by atoms with van der Waals surface area (Å²) in [7, 11) is 1.47. The first-order valence-corrected chi connectivity index (χ1v) is 12.0. The van der Waals surface area contributed by atoms with E-state index in [9.17, 15) is 23.8 Å². The van der Waals surface area contributed by atoms with E-state index in [0.29, 0.717) is 35.1 Å². The molecule has 1 atom stereocenters. The van der Waals surface area contributed by atoms with Crippen molar-refractivity contribution in [3.63, 3.8) is 0 Å². The molecule has 1 heterocycles. The van der Waals surface area contributed by atoms with Gasteiger partial charge in [0.25, 0.3) is 0 Å². The quantitative estimate of drug-likeness (QED) is 0.220. The molecular formula is C29H29F2NO5. The first-order chi connectivity index (χ1) is 17.8. The van der Waals surface area contributed by atoms with Crippen LogP contribution >= 0.6 is 0 Å². The van der Waals surface area contributed by atoms with E-state index in [2.05, 4.69) is 4.98 Å². The van der Waals surface area contributed by atoms with Gasteiger partial charge >= 0.3 is 5.92 Å². The Kier molecular flexibility index (Phi) is 8.08. The number of hydrogen-bond acceptors (Lipinski definition) is 5. The number of aromatic amines is 1. The lowest BCUT2D eigenvalue weighted by Crippen LogP contribution is -2.23. The van der Waals surface area contributed by atoms with E-state index in [1.807, 2.05) is 6.07 Å². The number of hydrogen-bond donors (Lipinski definition) is 3. The summed E-state index contributed by atoms with van der Waals surface area (Å²) in [4.78, 5) is 14.2. The maximum Gasteiger partial charge on any atom is 0.306 e. The van der Waals surface area contributed by atoms with E-state index in [1.165, 1.54) is 31.4 Å². The highest BCUT2D eigenvalue weighted by atomic mass is 19.3. The Bertz CT molecular complexity index is 1400. The van der Waals surface area contributed by atoms with Crippen molar-refractivity contribution in [2.75, 3.05) is 13.7 Å². The van der Waals surface area contributed by atoms with Crippen molar-refractivity contribution in [2.24, 2.45) is 0 Å². The van der Waals surface area contributed by atoms with Crippen molar-refractivity contribution in [1.82, 2.24) is 4.98 Å². The first-order valence-electron chi connectivity index (χ1n) is 12.0. The fraction of sp³-hybridized carbons (Fsp3) is 0.276. The lowest BCUT2D eigenvalue weighted by Gasteiger charge is -2.19. The SMILES string of the molecule is COc1cc(CCCCC(O)c2ccc(O)c3[nH]c(=O)ccc23)ccc1OCC(F)(F)c1ccccc1. The second-order valence-corrected chi connectivity index (χ2v) is 8.89. The zero-order valence-corrected chi connectivity index (χ0v) is 20.4. The Morgan fingerprint density at radius 2 is 1.76 bits per heavy atom. The molecule has 0 radical (unpaired) electrons. The van der Waals surface area contributed by atoms with Gasteiger partial charge in [-0.15, -0.1) is 0 Å². The molecule has 0 aliphatic rings. The van der Waals surface area contributed by atoms with Gasteiger partial charge in [0, 0.05) is 17.0 Å². The molecule has 0 saturated heterocycles. The molecule has 6 nitrogen and oxygen atoms in total. The minimum atomic E-state index is -3.14. The summed E-state index contributed by atoms with van der Waals surface area (Å²) < 4.78 is 39.7. The highest BCUT2D eigenvalue weighted by Gasteiger charge is 2.32. The van der Waals surface area contributed by atoms with E-state index in [1.54, 1.807) is 42.5 Å². The van der Waals surface area contributed by atoms with Crippen LogP contribution in [-0.4, -0.2) is 28.9 Å². The number of methoxy groups -OCH3 is 1. The Balaban J connectivity index is 1.33. The van der Waals surface area contributed by atoms with E-state index in [-0.39, 0.29) is 22.6 Å². The zero-order valence-electron chi connectivity index (χ0n) is 20.4. The van der Waals surface area contributed by atoms with Gasteiger partial charge in [-0.25, -0.2) is 0 Å². The second kappa shape index (κ2) is 11.4. The Morgan fingerprint density at radius 3 is 2.51 bits per heavy atom. The van der Waals surface area contributed by atoms with Crippen molar-refractivity contribution in [2.45, 2.75) is 37.7 Å². The maximum atomic E-state index is 14.5. The van der Waals surface area contributed by atoms with E-state index >= 15 is 0 Å². The van der Waals surface area contributed by atoms with E-state index in [4.69, 9.17) is 9.47 Å². The summed E-state index contributed by atoms with van der Waals surface area (Å²) in [6.45, 7) is -0.801. The van der Waals surface area contributed by atoms with Crippen LogP contribution in [0.15, 0.2) is 77.6 Å². The number of aromatic hydroxyl groups is 1. The molecule has 37 heavy (non-hydrogen) atoms. The van der Waals surface area contributed by atoms with Gasteiger partial charge in [0.1, 0.15) is 5.75 Å². The monoisotopic (exact) mass is 509 g/mol. The minimum Gasteiger partial charge on any atom is -0.506 e. The van der Waals surface area contributed by atoms with Gasteiger partial charge in [0.05, 0.1) is 18.7 Å². The Morgan fingerprint density at radius 1 is 0.973 bits per heavy atom. The standard InChI is InChI=1S/C29H29F2NO5/c1-36-26-17-19(11-15-25(26)37-18-29(30,31)20-8-3-2-4-9-20)7-5-6-10-23(33)21-12-14-24(34)28-22(21)13-16-27(35)32-28/h2-4,8-9,11-17,23,33-34H,5-7,10,18H2,1H3,(H,32,35). The number of fused-ring (bicyclic) bond motifs is 1. The van der Waals surface area contributed by atoms with Gasteiger partial charge in [0.15, 0.2) is 18.1 Å². The van der Waals surface area contributed by atoms with Crippen molar-refractivity contribution < 1.29 is 28.5 Å². The number of aliphatic hydroxyl groups excluding tert-OH is 1. The minimum absolute atomic E-state index is 0.0474. The summed E-state index contributed by atoms with van der Waals surface area (Å²) in [5, 5.41) is 21.4. The molecule has 0 aliphatic carbocycles. The Hall–Kier alpha value is -3.91. The molecule has 0 aliphatic heterocycles. The van der Waals surface area contributed by atoms with Crippen molar-refractivity contribution in [3.8, 4) is 17.2 Å². The lowest BCUT2D eigenvalue weighted by atomic mass is 9.97. The molecule has 194 valence electrons. The largest absolute Gasteiger partial charge is 0.506 e.